The summed E-state index contributed by atoms with van der Waals surface area (Å²) in [6, 6.07) is 9.36. The molecule has 8 nitrogen and oxygen atoms in total. The van der Waals surface area contributed by atoms with Crippen LogP contribution in [0, 0.1) is 13.8 Å². The van der Waals surface area contributed by atoms with Crippen molar-refractivity contribution in [3.05, 3.63) is 63.1 Å². The van der Waals surface area contributed by atoms with Crippen molar-refractivity contribution in [3.63, 3.8) is 0 Å². The van der Waals surface area contributed by atoms with Crippen molar-refractivity contribution in [1.82, 2.24) is 5.32 Å². The van der Waals surface area contributed by atoms with Crippen LogP contribution < -0.4 is 15.0 Å². The molecule has 1 aliphatic rings. The van der Waals surface area contributed by atoms with Gasteiger partial charge >= 0.3 is 12.0 Å². The van der Waals surface area contributed by atoms with Gasteiger partial charge in [-0.2, -0.15) is 0 Å². The van der Waals surface area contributed by atoms with Gasteiger partial charge in [-0.05, 0) is 83.7 Å². The first kappa shape index (κ1) is 23.2. The second-order valence-electron chi connectivity index (χ2n) is 7.09. The van der Waals surface area contributed by atoms with Crippen molar-refractivity contribution in [1.29, 1.82) is 0 Å². The maximum absolute atomic E-state index is 13.1. The van der Waals surface area contributed by atoms with Crippen LogP contribution in [0.15, 0.2) is 46.4 Å². The van der Waals surface area contributed by atoms with Crippen LogP contribution in [0.2, 0.25) is 0 Å². The Morgan fingerprint density at radius 2 is 1.78 bits per heavy atom. The molecule has 1 heterocycles. The molecule has 0 radical (unpaired) electrons. The second kappa shape index (κ2) is 9.78. The molecular formula is C23H21BrN2O6. The van der Waals surface area contributed by atoms with Gasteiger partial charge in [-0.3, -0.25) is 14.9 Å². The third-order valence-electron chi connectivity index (χ3n) is 4.48. The highest BCUT2D eigenvalue weighted by molar-refractivity contribution is 9.10. The van der Waals surface area contributed by atoms with Crippen LogP contribution in [0.25, 0.3) is 6.08 Å². The molecule has 0 atom stereocenters. The van der Waals surface area contributed by atoms with Crippen LogP contribution >= 0.6 is 15.9 Å². The number of hydrogen-bond acceptors (Lipinski definition) is 6. The van der Waals surface area contributed by atoms with Gasteiger partial charge in [-0.25, -0.2) is 14.5 Å². The average molecular weight is 501 g/mol. The molecule has 0 aliphatic carbocycles. The van der Waals surface area contributed by atoms with E-state index in [-0.39, 0.29) is 18.8 Å². The Kier molecular flexibility index (Phi) is 7.09. The Labute approximate surface area is 193 Å². The molecule has 0 bridgehead atoms. The zero-order chi connectivity index (χ0) is 23.4. The third kappa shape index (κ3) is 5.23. The molecule has 0 unspecified atom stereocenters. The van der Waals surface area contributed by atoms with Crippen molar-refractivity contribution in [3.8, 4) is 5.75 Å². The summed E-state index contributed by atoms with van der Waals surface area (Å²) in [5, 5.41) is 2.21. The van der Waals surface area contributed by atoms with Crippen molar-refractivity contribution >= 4 is 51.5 Å². The molecule has 0 aromatic heterocycles. The van der Waals surface area contributed by atoms with Crippen LogP contribution in [0.1, 0.15) is 23.6 Å². The zero-order valence-electron chi connectivity index (χ0n) is 17.7. The van der Waals surface area contributed by atoms with Crippen molar-refractivity contribution in [2.24, 2.45) is 0 Å². The van der Waals surface area contributed by atoms with Gasteiger partial charge in [0.05, 0.1) is 16.8 Å². The number of halogens is 1. The van der Waals surface area contributed by atoms with Crippen molar-refractivity contribution < 1.29 is 28.7 Å². The maximum Gasteiger partial charge on any atom is 0.344 e. The van der Waals surface area contributed by atoms with Gasteiger partial charge in [-0.15, -0.1) is 0 Å². The Balaban J connectivity index is 1.87. The molecule has 1 N–H and O–H groups in total. The molecule has 4 amide bonds. The van der Waals surface area contributed by atoms with E-state index in [1.807, 2.05) is 19.9 Å². The number of aryl methyl sites for hydroxylation is 2. The number of carbonyl (C=O) groups is 4. The smallest absolute Gasteiger partial charge is 0.344 e. The fourth-order valence-corrected chi connectivity index (χ4v) is 3.71. The van der Waals surface area contributed by atoms with E-state index in [0.717, 1.165) is 16.0 Å². The minimum Gasteiger partial charge on any atom is -0.481 e. The van der Waals surface area contributed by atoms with E-state index in [9.17, 15) is 19.2 Å². The van der Waals surface area contributed by atoms with E-state index in [4.69, 9.17) is 9.47 Å². The summed E-state index contributed by atoms with van der Waals surface area (Å²) in [7, 11) is 0. The molecule has 0 saturated carbocycles. The van der Waals surface area contributed by atoms with Gasteiger partial charge in [0.15, 0.2) is 6.61 Å². The maximum atomic E-state index is 13.1. The van der Waals surface area contributed by atoms with Crippen LogP contribution in [0.5, 0.6) is 5.75 Å². The number of ether oxygens (including phenoxy) is 2. The van der Waals surface area contributed by atoms with Gasteiger partial charge in [0, 0.05) is 0 Å². The topological polar surface area (TPSA) is 102 Å². The summed E-state index contributed by atoms with van der Waals surface area (Å²) in [6.45, 7) is 5.42. The first-order valence-electron chi connectivity index (χ1n) is 9.77. The number of benzene rings is 2. The molecule has 1 aliphatic heterocycles. The predicted molar refractivity (Wildman–Crippen MR) is 121 cm³/mol. The highest BCUT2D eigenvalue weighted by Crippen LogP contribution is 2.28. The number of carbonyl (C=O) groups excluding carboxylic acids is 4. The summed E-state index contributed by atoms with van der Waals surface area (Å²) in [5.41, 5.74) is 2.48. The highest BCUT2D eigenvalue weighted by atomic mass is 79.9. The molecule has 2 aromatic rings. The lowest BCUT2D eigenvalue weighted by Crippen LogP contribution is -2.54. The minimum absolute atomic E-state index is 0.184. The normalized spacial score (nSPS) is 15.1. The van der Waals surface area contributed by atoms with Crippen LogP contribution in [0.3, 0.4) is 0 Å². The summed E-state index contributed by atoms with van der Waals surface area (Å²) in [5.74, 6) is -1.60. The van der Waals surface area contributed by atoms with E-state index in [1.54, 1.807) is 37.3 Å². The van der Waals surface area contributed by atoms with Crippen LogP contribution in [0.4, 0.5) is 10.5 Å². The zero-order valence-corrected chi connectivity index (χ0v) is 19.3. The Morgan fingerprint density at radius 1 is 1.09 bits per heavy atom. The lowest BCUT2D eigenvalue weighted by molar-refractivity contribution is -0.145. The number of amides is 4. The van der Waals surface area contributed by atoms with Crippen molar-refractivity contribution in [2.75, 3.05) is 18.1 Å². The Hall–Kier alpha value is -3.46. The van der Waals surface area contributed by atoms with Gasteiger partial charge in [-0.1, -0.05) is 12.1 Å². The van der Waals surface area contributed by atoms with Gasteiger partial charge in [0.25, 0.3) is 11.8 Å². The van der Waals surface area contributed by atoms with Crippen LogP contribution in [-0.2, 0) is 19.1 Å². The number of nitrogens with one attached hydrogen (secondary N) is 1. The lowest BCUT2D eigenvalue weighted by Gasteiger charge is -2.27. The Bertz CT molecular complexity index is 1120. The van der Waals surface area contributed by atoms with Gasteiger partial charge < -0.3 is 9.47 Å². The minimum atomic E-state index is -0.800. The number of urea groups is 1. The van der Waals surface area contributed by atoms with E-state index in [2.05, 4.69) is 21.2 Å². The molecule has 1 fully saturated rings. The highest BCUT2D eigenvalue weighted by Gasteiger charge is 2.37. The van der Waals surface area contributed by atoms with Gasteiger partial charge in [0.2, 0.25) is 0 Å². The SMILES string of the molecule is CCOC(=O)COc1ccc(C=C2C(=O)NC(=O)N(c3cc(C)cc(C)c3)C2=O)cc1Br. The summed E-state index contributed by atoms with van der Waals surface area (Å²) < 4.78 is 10.7. The quantitative estimate of drug-likeness (QED) is 0.368. The number of esters is 1. The number of nitrogens with zero attached hydrogens (tertiary/aromatic N) is 1. The first-order valence-corrected chi connectivity index (χ1v) is 10.6. The monoisotopic (exact) mass is 500 g/mol. The fourth-order valence-electron chi connectivity index (χ4n) is 3.20. The molecule has 1 saturated heterocycles. The fraction of sp³-hybridized carbons (Fsp3) is 0.217. The number of imide groups is 2. The summed E-state index contributed by atoms with van der Waals surface area (Å²) in [6.07, 6.45) is 1.39. The molecule has 166 valence electrons. The molecule has 32 heavy (non-hydrogen) atoms. The third-order valence-corrected chi connectivity index (χ3v) is 5.10. The number of hydrogen-bond donors (Lipinski definition) is 1. The average Bonchev–Trinajstić information content (AvgIpc) is 2.70. The van der Waals surface area contributed by atoms with Crippen LogP contribution in [-0.4, -0.2) is 37.0 Å². The number of rotatable bonds is 6. The van der Waals surface area contributed by atoms with E-state index >= 15 is 0 Å². The molecule has 3 rings (SSSR count). The number of anilines is 1. The van der Waals surface area contributed by atoms with Crippen molar-refractivity contribution in [2.45, 2.75) is 20.8 Å². The first-order chi connectivity index (χ1) is 15.2. The molecule has 0 spiro atoms. The van der Waals surface area contributed by atoms with E-state index in [1.165, 1.54) is 6.08 Å². The summed E-state index contributed by atoms with van der Waals surface area (Å²) in [4.78, 5) is 50.2. The molecule has 2 aromatic carbocycles. The Morgan fingerprint density at radius 3 is 2.41 bits per heavy atom. The molecular weight excluding hydrogens is 480 g/mol. The lowest BCUT2D eigenvalue weighted by atomic mass is 10.1. The van der Waals surface area contributed by atoms with Gasteiger partial charge in [0.1, 0.15) is 11.3 Å². The van der Waals surface area contributed by atoms with E-state index < -0.39 is 23.8 Å². The summed E-state index contributed by atoms with van der Waals surface area (Å²) >= 11 is 3.35. The number of barbiturate groups is 1. The molecule has 9 heteroatoms. The van der Waals surface area contributed by atoms with E-state index in [0.29, 0.717) is 21.5 Å². The second-order valence-corrected chi connectivity index (χ2v) is 7.94. The largest absolute Gasteiger partial charge is 0.481 e. The predicted octanol–water partition coefficient (Wildman–Crippen LogP) is 3.67. The standard InChI is InChI=1S/C23H21BrN2O6/c1-4-31-20(27)12-32-19-6-5-15(11-18(19)24)10-17-21(28)25-23(30)26(22(17)29)16-8-13(2)7-14(3)9-16/h5-11H,4,12H2,1-3H3,(H,25,28,30).